The maximum Gasteiger partial charge on any atom is 0.181 e. The third-order valence-electron chi connectivity index (χ3n) is 1.74. The van der Waals surface area contributed by atoms with E-state index in [1.54, 1.807) is 0 Å². The van der Waals surface area contributed by atoms with Crippen LogP contribution in [0.3, 0.4) is 0 Å². The van der Waals surface area contributed by atoms with Crippen molar-refractivity contribution in [2.75, 3.05) is 0 Å². The molecule has 3 heteroatoms. The van der Waals surface area contributed by atoms with Crippen molar-refractivity contribution in [2.24, 2.45) is 0 Å². The lowest BCUT2D eigenvalue weighted by molar-refractivity contribution is -0.700. The fourth-order valence-electron chi connectivity index (χ4n) is 1.14. The van der Waals surface area contributed by atoms with Gasteiger partial charge in [-0.25, -0.2) is 4.57 Å². The van der Waals surface area contributed by atoms with Crippen LogP contribution in [0.1, 0.15) is 26.5 Å². The van der Waals surface area contributed by atoms with E-state index in [1.165, 1.54) is 5.69 Å². The van der Waals surface area contributed by atoms with Crippen LogP contribution >= 0.6 is 0 Å². The van der Waals surface area contributed by atoms with Crippen molar-refractivity contribution >= 4 is 5.97 Å². The highest BCUT2D eigenvalue weighted by Crippen LogP contribution is 1.90. The average Bonchev–Trinajstić information content (AvgIpc) is 2.17. The number of nitrogens with zero attached hydrogens (tertiary/aromatic N) is 1. The molecule has 0 saturated heterocycles. The van der Waals surface area contributed by atoms with Gasteiger partial charge < -0.3 is 9.90 Å². The van der Waals surface area contributed by atoms with Crippen molar-refractivity contribution in [3.05, 3.63) is 30.1 Å². The molecule has 0 fully saturated rings. The molecule has 0 bridgehead atoms. The van der Waals surface area contributed by atoms with E-state index in [-0.39, 0.29) is 0 Å². The first-order valence-electron chi connectivity index (χ1n) is 4.76. The van der Waals surface area contributed by atoms with Gasteiger partial charge in [-0.2, -0.15) is 0 Å². The number of hydrogen-bond donors (Lipinski definition) is 0. The molecule has 0 aromatic carbocycles. The van der Waals surface area contributed by atoms with E-state index in [0.29, 0.717) is 0 Å². The molecule has 1 heterocycles. The Kier molecular flexibility index (Phi) is 6.37. The Labute approximate surface area is 85.0 Å². The third-order valence-corrected chi connectivity index (χ3v) is 1.74. The van der Waals surface area contributed by atoms with Gasteiger partial charge in [0.25, 0.3) is 0 Å². The van der Waals surface area contributed by atoms with Gasteiger partial charge in [-0.05, 0) is 13.8 Å². The Hall–Kier alpha value is -1.38. The molecule has 0 aliphatic carbocycles. The summed E-state index contributed by atoms with van der Waals surface area (Å²) in [7, 11) is 0. The van der Waals surface area contributed by atoms with Crippen molar-refractivity contribution < 1.29 is 14.5 Å². The van der Waals surface area contributed by atoms with Gasteiger partial charge in [0.05, 0.1) is 0 Å². The Morgan fingerprint density at radius 1 is 1.43 bits per heavy atom. The van der Waals surface area contributed by atoms with E-state index in [1.807, 2.05) is 0 Å². The molecular formula is C11H17NO2. The van der Waals surface area contributed by atoms with Crippen molar-refractivity contribution in [1.82, 2.24) is 0 Å². The summed E-state index contributed by atoms with van der Waals surface area (Å²) in [4.78, 5) is 8.89. The number of aromatic nitrogens is 1. The van der Waals surface area contributed by atoms with Crippen LogP contribution in [0.25, 0.3) is 0 Å². The van der Waals surface area contributed by atoms with Crippen molar-refractivity contribution in [3.63, 3.8) is 0 Å². The molecule has 1 aromatic heterocycles. The molecular weight excluding hydrogens is 178 g/mol. The van der Waals surface area contributed by atoms with Gasteiger partial charge in [-0.1, -0.05) is 13.0 Å². The SMILES string of the molecule is CC(=O)[O-].CCc1cccc[n+]1CC. The zero-order valence-corrected chi connectivity index (χ0v) is 8.99. The van der Waals surface area contributed by atoms with Gasteiger partial charge >= 0.3 is 0 Å². The Morgan fingerprint density at radius 2 is 2.00 bits per heavy atom. The largest absolute Gasteiger partial charge is 0.550 e. The lowest BCUT2D eigenvalue weighted by Crippen LogP contribution is -2.36. The number of aryl methyl sites for hydroxylation is 2. The molecule has 0 aliphatic rings. The molecule has 14 heavy (non-hydrogen) atoms. The summed E-state index contributed by atoms with van der Waals surface area (Å²) in [5.41, 5.74) is 1.41. The molecule has 0 N–H and O–H groups in total. The monoisotopic (exact) mass is 195 g/mol. The van der Waals surface area contributed by atoms with Gasteiger partial charge in [0.15, 0.2) is 11.9 Å². The van der Waals surface area contributed by atoms with Gasteiger partial charge in [-0.3, -0.25) is 0 Å². The lowest BCUT2D eigenvalue weighted by atomic mass is 10.3. The lowest BCUT2D eigenvalue weighted by Gasteiger charge is -1.96. The van der Waals surface area contributed by atoms with Crippen molar-refractivity contribution in [2.45, 2.75) is 33.7 Å². The van der Waals surface area contributed by atoms with E-state index in [0.717, 1.165) is 19.9 Å². The molecule has 3 nitrogen and oxygen atoms in total. The summed E-state index contributed by atoms with van der Waals surface area (Å²) in [6.45, 7) is 6.39. The molecule has 0 amide bonds. The highest BCUT2D eigenvalue weighted by molar-refractivity contribution is 5.60. The molecule has 0 saturated carbocycles. The highest BCUT2D eigenvalue weighted by atomic mass is 16.4. The predicted octanol–water partition coefficient (Wildman–Crippen LogP) is 0.313. The number of carboxylic acid groups (broad SMARTS) is 1. The summed E-state index contributed by atoms with van der Waals surface area (Å²) < 4.78 is 2.26. The summed E-state index contributed by atoms with van der Waals surface area (Å²) in [6, 6.07) is 6.33. The number of rotatable bonds is 2. The molecule has 1 aromatic rings. The van der Waals surface area contributed by atoms with Crippen LogP contribution in [-0.2, 0) is 17.8 Å². The first-order chi connectivity index (χ1) is 6.61. The van der Waals surface area contributed by atoms with Gasteiger partial charge in [0.1, 0.15) is 6.54 Å². The van der Waals surface area contributed by atoms with E-state index in [9.17, 15) is 0 Å². The maximum atomic E-state index is 8.89. The second kappa shape index (κ2) is 7.06. The average molecular weight is 195 g/mol. The molecule has 78 valence electrons. The number of carboxylic acids is 1. The standard InChI is InChI=1S/C9H14N.C2H4O2/c1-3-9-7-5-6-8-10(9)4-2;1-2(3)4/h5-8H,3-4H2,1-2H3;1H3,(H,3,4)/q+1;/p-1. The molecule has 0 radical (unpaired) electrons. The van der Waals surface area contributed by atoms with Crippen LogP contribution in [-0.4, -0.2) is 5.97 Å². The molecule has 0 unspecified atom stereocenters. The number of pyridine rings is 1. The predicted molar refractivity (Wildman–Crippen MR) is 52.4 cm³/mol. The zero-order chi connectivity index (χ0) is 11.0. The second-order valence-electron chi connectivity index (χ2n) is 2.82. The van der Waals surface area contributed by atoms with Crippen molar-refractivity contribution in [1.29, 1.82) is 0 Å². The molecule has 0 aliphatic heterocycles. The second-order valence-corrected chi connectivity index (χ2v) is 2.82. The van der Waals surface area contributed by atoms with Gasteiger partial charge in [0.2, 0.25) is 0 Å². The van der Waals surface area contributed by atoms with E-state index >= 15 is 0 Å². The summed E-state index contributed by atoms with van der Waals surface area (Å²) in [5, 5.41) is 8.89. The first-order valence-corrected chi connectivity index (χ1v) is 4.76. The van der Waals surface area contributed by atoms with Crippen LogP contribution in [0.5, 0.6) is 0 Å². The minimum Gasteiger partial charge on any atom is -0.550 e. The first kappa shape index (κ1) is 12.6. The van der Waals surface area contributed by atoms with Crippen LogP contribution in [0.15, 0.2) is 24.4 Å². The quantitative estimate of drug-likeness (QED) is 0.638. The molecule has 1 rings (SSSR count). The van der Waals surface area contributed by atoms with E-state index in [4.69, 9.17) is 9.90 Å². The maximum absolute atomic E-state index is 8.89. The minimum atomic E-state index is -1.08. The summed E-state index contributed by atoms with van der Waals surface area (Å²) >= 11 is 0. The highest BCUT2D eigenvalue weighted by Gasteiger charge is 2.01. The normalized spacial score (nSPS) is 8.79. The van der Waals surface area contributed by atoms with Crippen LogP contribution in [0.4, 0.5) is 0 Å². The topological polar surface area (TPSA) is 44.0 Å². The van der Waals surface area contributed by atoms with Crippen LogP contribution in [0.2, 0.25) is 0 Å². The minimum absolute atomic E-state index is 0.972. The van der Waals surface area contributed by atoms with Crippen molar-refractivity contribution in [3.8, 4) is 0 Å². The Bertz CT molecular complexity index is 257. The number of carbonyl (C=O) groups is 1. The Morgan fingerprint density at radius 3 is 2.36 bits per heavy atom. The summed E-state index contributed by atoms with van der Waals surface area (Å²) in [6.07, 6.45) is 3.24. The number of hydrogen-bond acceptors (Lipinski definition) is 2. The molecule has 0 atom stereocenters. The van der Waals surface area contributed by atoms with Gasteiger partial charge in [0, 0.05) is 24.5 Å². The zero-order valence-electron chi connectivity index (χ0n) is 8.99. The van der Waals surface area contributed by atoms with Gasteiger partial charge in [-0.15, -0.1) is 0 Å². The fraction of sp³-hybridized carbons (Fsp3) is 0.455. The fourth-order valence-corrected chi connectivity index (χ4v) is 1.14. The molecule has 0 spiro atoms. The Balaban J connectivity index is 0.000000364. The van der Waals surface area contributed by atoms with Crippen LogP contribution in [0, 0.1) is 0 Å². The summed E-state index contributed by atoms with van der Waals surface area (Å²) in [5.74, 6) is -1.08. The van der Waals surface area contributed by atoms with E-state index in [2.05, 4.69) is 42.8 Å². The number of aliphatic carboxylic acids is 1. The van der Waals surface area contributed by atoms with Crippen LogP contribution < -0.4 is 9.67 Å². The smallest absolute Gasteiger partial charge is 0.181 e. The van der Waals surface area contributed by atoms with E-state index < -0.39 is 5.97 Å². The third kappa shape index (κ3) is 5.30. The number of carbonyl (C=O) groups excluding carboxylic acids is 1.